The van der Waals surface area contributed by atoms with Gasteiger partial charge in [-0.2, -0.15) is 0 Å². The average molecular weight is 1020 g/mol. The number of para-hydroxylation sites is 2. The smallest absolute Gasteiger partial charge is 0.421 e. The second kappa shape index (κ2) is 21.0. The second-order valence-electron chi connectivity index (χ2n) is 18.9. The van der Waals surface area contributed by atoms with Crippen LogP contribution in [-0.2, 0) is 53.5 Å². The van der Waals surface area contributed by atoms with Crippen molar-refractivity contribution >= 4 is 40.6 Å². The summed E-state index contributed by atoms with van der Waals surface area (Å²) >= 11 is 0. The quantitative estimate of drug-likeness (QED) is 0.0715. The van der Waals surface area contributed by atoms with Gasteiger partial charge in [-0.1, -0.05) is 108 Å². The number of aromatic nitrogens is 3. The number of carbonyl (C=O) groups is 4. The standard InChI is InChI=1S/C59H54N6O11/c1-71-31-32-75-58(70)64-45-25-24-37(15-14-27-63-46-22-12-11-21-44(46)60-61-63)33-43(45)59(57(64)69)50(55(67)62-28-26-40-34-48(72-2)49(73-3)35-41(40)36-62)52-56(68)76-53(39-18-8-5-9-19-39)51(38-16-6-4-7-17-38)65(52)54(59)42-20-10-13-23-47(42)74-30-29-66/h4-13,16-25,33-35,50-54,66H,26-32,36H2,1-3H3/t50-,51-,52-,53+,54+,59-/m0/s1. The Morgan fingerprint density at radius 3 is 2.24 bits per heavy atom. The molecule has 2 saturated heterocycles. The highest BCUT2D eigenvalue weighted by molar-refractivity contribution is 6.23. The van der Waals surface area contributed by atoms with E-state index in [4.69, 9.17) is 28.4 Å². The number of aliphatic hydroxyl groups excluding tert-OH is 1. The minimum Gasteiger partial charge on any atom is -0.493 e. The van der Waals surface area contributed by atoms with E-state index in [9.17, 15) is 9.90 Å². The van der Waals surface area contributed by atoms with E-state index in [1.54, 1.807) is 66.3 Å². The molecule has 0 bridgehead atoms. The monoisotopic (exact) mass is 1020 g/mol. The van der Waals surface area contributed by atoms with Crippen LogP contribution in [0.15, 0.2) is 140 Å². The summed E-state index contributed by atoms with van der Waals surface area (Å²) in [6.07, 6.45) is -1.56. The molecule has 0 aliphatic carbocycles. The summed E-state index contributed by atoms with van der Waals surface area (Å²) in [4.78, 5) is 68.7. The molecular formula is C59H54N6O11. The maximum atomic E-state index is 16.8. The van der Waals surface area contributed by atoms with Crippen LogP contribution in [0.5, 0.6) is 17.2 Å². The molecule has 17 nitrogen and oxygen atoms in total. The number of anilines is 1. The number of amides is 3. The fourth-order valence-corrected chi connectivity index (χ4v) is 11.7. The number of ether oxygens (including phenoxy) is 6. The van der Waals surface area contributed by atoms with Crippen LogP contribution in [0.25, 0.3) is 11.0 Å². The lowest BCUT2D eigenvalue weighted by molar-refractivity contribution is -0.179. The molecule has 386 valence electrons. The highest BCUT2D eigenvalue weighted by Gasteiger charge is 2.76. The third-order valence-corrected chi connectivity index (χ3v) is 14.9. The van der Waals surface area contributed by atoms with Crippen LogP contribution in [0.4, 0.5) is 10.5 Å². The number of hydrogen-bond acceptors (Lipinski definition) is 14. The van der Waals surface area contributed by atoms with E-state index in [1.807, 2.05) is 102 Å². The van der Waals surface area contributed by atoms with Crippen molar-refractivity contribution in [1.29, 1.82) is 0 Å². The zero-order valence-corrected chi connectivity index (χ0v) is 42.0. The van der Waals surface area contributed by atoms with Gasteiger partial charge in [0.15, 0.2) is 11.5 Å². The Kier molecular flexibility index (Phi) is 13.7. The topological polar surface area (TPSA) is 184 Å². The van der Waals surface area contributed by atoms with Gasteiger partial charge in [-0.3, -0.25) is 19.3 Å². The van der Waals surface area contributed by atoms with Gasteiger partial charge in [-0.05, 0) is 82.8 Å². The molecule has 1 N–H and O–H groups in total. The van der Waals surface area contributed by atoms with Crippen molar-refractivity contribution in [3.63, 3.8) is 0 Å². The molecule has 3 amide bonds. The number of aliphatic hydroxyl groups is 1. The maximum absolute atomic E-state index is 16.8. The van der Waals surface area contributed by atoms with Gasteiger partial charge in [0.1, 0.15) is 48.6 Å². The van der Waals surface area contributed by atoms with Crippen molar-refractivity contribution in [3.05, 3.63) is 178 Å². The summed E-state index contributed by atoms with van der Waals surface area (Å²) in [5.74, 6) is 4.15. The molecule has 6 atom stereocenters. The molecule has 2 fully saturated rings. The van der Waals surface area contributed by atoms with E-state index < -0.39 is 59.4 Å². The Morgan fingerprint density at radius 2 is 1.49 bits per heavy atom. The van der Waals surface area contributed by atoms with Crippen LogP contribution in [0.2, 0.25) is 0 Å². The predicted molar refractivity (Wildman–Crippen MR) is 277 cm³/mol. The Morgan fingerprint density at radius 1 is 0.776 bits per heavy atom. The average Bonchev–Trinajstić information content (AvgIpc) is 4.09. The van der Waals surface area contributed by atoms with E-state index in [0.717, 1.165) is 27.1 Å². The number of benzene rings is 6. The minimum atomic E-state index is -2.13. The molecular weight excluding hydrogens is 969 g/mol. The van der Waals surface area contributed by atoms with Crippen LogP contribution >= 0.6 is 0 Å². The number of esters is 1. The van der Waals surface area contributed by atoms with Gasteiger partial charge < -0.3 is 38.4 Å². The van der Waals surface area contributed by atoms with Gasteiger partial charge in [0.25, 0.3) is 0 Å². The van der Waals surface area contributed by atoms with Gasteiger partial charge in [0.2, 0.25) is 11.8 Å². The molecule has 11 rings (SSSR count). The minimum absolute atomic E-state index is 0.0368. The molecule has 0 saturated carbocycles. The number of carbonyl (C=O) groups excluding carboxylic acids is 4. The first kappa shape index (κ1) is 49.6. The zero-order valence-electron chi connectivity index (χ0n) is 42.0. The fraction of sp³-hybridized carbons (Fsp3) is 0.288. The predicted octanol–water partition coefficient (Wildman–Crippen LogP) is 6.90. The van der Waals surface area contributed by atoms with Crippen molar-refractivity contribution in [3.8, 4) is 29.1 Å². The molecule has 1 spiro atoms. The number of cyclic esters (lactones) is 1. The third kappa shape index (κ3) is 8.44. The van der Waals surface area contributed by atoms with Crippen LogP contribution in [0, 0.1) is 17.8 Å². The fourth-order valence-electron chi connectivity index (χ4n) is 11.7. The highest BCUT2D eigenvalue weighted by Crippen LogP contribution is 2.67. The van der Waals surface area contributed by atoms with Crippen LogP contribution in [0.3, 0.4) is 0 Å². The number of fused-ring (bicyclic) bond motifs is 5. The summed E-state index contributed by atoms with van der Waals surface area (Å²) in [6.45, 7) is -0.160. The number of morpholine rings is 1. The molecule has 7 aromatic rings. The number of nitrogens with zero attached hydrogens (tertiary/aromatic N) is 6. The first-order valence-electron chi connectivity index (χ1n) is 25.1. The Bertz CT molecular complexity index is 3410. The highest BCUT2D eigenvalue weighted by atomic mass is 16.6. The van der Waals surface area contributed by atoms with E-state index in [-0.39, 0.29) is 63.1 Å². The van der Waals surface area contributed by atoms with Crippen LogP contribution in [0.1, 0.15) is 57.1 Å². The lowest BCUT2D eigenvalue weighted by Gasteiger charge is -2.46. The van der Waals surface area contributed by atoms with Crippen molar-refractivity contribution < 1.29 is 52.7 Å². The summed E-state index contributed by atoms with van der Waals surface area (Å²) in [7, 11) is 4.57. The number of methoxy groups -OCH3 is 3. The molecule has 4 aliphatic rings. The lowest BCUT2D eigenvalue weighted by Crippen LogP contribution is -2.57. The van der Waals surface area contributed by atoms with E-state index in [1.165, 1.54) is 7.11 Å². The van der Waals surface area contributed by atoms with Crippen molar-refractivity contribution in [2.45, 2.75) is 49.2 Å². The molecule has 4 aliphatic heterocycles. The van der Waals surface area contributed by atoms with Gasteiger partial charge in [0.05, 0.1) is 56.6 Å². The molecule has 0 unspecified atom stereocenters. The zero-order chi connectivity index (χ0) is 52.5. The van der Waals surface area contributed by atoms with Crippen LogP contribution < -0.4 is 19.1 Å². The lowest BCUT2D eigenvalue weighted by atomic mass is 9.64. The van der Waals surface area contributed by atoms with E-state index in [2.05, 4.69) is 22.2 Å². The number of imide groups is 1. The summed E-state index contributed by atoms with van der Waals surface area (Å²) in [6, 6.07) is 38.8. The number of rotatable bonds is 13. The molecule has 0 radical (unpaired) electrons. The van der Waals surface area contributed by atoms with Crippen molar-refractivity contribution in [1.82, 2.24) is 24.8 Å². The van der Waals surface area contributed by atoms with E-state index >= 15 is 14.4 Å². The molecule has 17 heteroatoms. The van der Waals surface area contributed by atoms with Gasteiger partial charge in [0, 0.05) is 31.3 Å². The normalized spacial score (nSPS) is 21.6. The second-order valence-corrected chi connectivity index (χ2v) is 18.9. The molecule has 6 aromatic carbocycles. The third-order valence-electron chi connectivity index (χ3n) is 14.9. The Balaban J connectivity index is 1.19. The number of hydrogen-bond donors (Lipinski definition) is 1. The van der Waals surface area contributed by atoms with Crippen molar-refractivity contribution in [2.75, 3.05) is 59.2 Å². The van der Waals surface area contributed by atoms with Crippen molar-refractivity contribution in [2.24, 2.45) is 5.92 Å². The van der Waals surface area contributed by atoms with Gasteiger partial charge >= 0.3 is 12.1 Å². The first-order chi connectivity index (χ1) is 37.2. The Hall–Kier alpha value is -8.56. The first-order valence-corrected chi connectivity index (χ1v) is 25.1. The van der Waals surface area contributed by atoms with E-state index in [0.29, 0.717) is 40.1 Å². The molecule has 76 heavy (non-hydrogen) atoms. The summed E-state index contributed by atoms with van der Waals surface area (Å²) < 4.78 is 37.2. The molecule has 1 aromatic heterocycles. The van der Waals surface area contributed by atoms with Gasteiger partial charge in [-0.25, -0.2) is 14.4 Å². The molecule has 5 heterocycles. The Labute approximate surface area is 438 Å². The summed E-state index contributed by atoms with van der Waals surface area (Å²) in [5.41, 5.74) is 3.76. The van der Waals surface area contributed by atoms with Gasteiger partial charge in [-0.15, -0.1) is 5.10 Å². The summed E-state index contributed by atoms with van der Waals surface area (Å²) in [5, 5.41) is 18.8. The maximum Gasteiger partial charge on any atom is 0.421 e. The van der Waals surface area contributed by atoms with Crippen LogP contribution in [-0.4, -0.2) is 114 Å². The SMILES string of the molecule is COCCOC(=O)N1C(=O)[C@@]2(c3cc(C#CCn4nnc5ccccc54)ccc31)[C@H](C(=O)N1CCc3cc(OC)c(OC)cc3C1)[C@H]1C(=O)O[C@H](c3ccccc3)[C@H](c3ccccc3)N1[C@@H]2c1ccccc1OCCO. The largest absolute Gasteiger partial charge is 0.493 e.